The van der Waals surface area contributed by atoms with E-state index in [1.807, 2.05) is 64.2 Å². The fourth-order valence-electron chi connectivity index (χ4n) is 5.70. The van der Waals surface area contributed by atoms with Crippen LogP contribution in [0, 0.1) is 27.9 Å². The Morgan fingerprint density at radius 1 is 1.02 bits per heavy atom. The van der Waals surface area contributed by atoms with Gasteiger partial charge < -0.3 is 19.7 Å². The zero-order chi connectivity index (χ0) is 28.7. The Bertz CT molecular complexity index is 1560. The van der Waals surface area contributed by atoms with Crippen LogP contribution < -0.4 is 10.1 Å². The summed E-state index contributed by atoms with van der Waals surface area (Å²) < 4.78 is 11.4. The molecule has 10 nitrogen and oxygen atoms in total. The van der Waals surface area contributed by atoms with Gasteiger partial charge in [0.2, 0.25) is 5.91 Å². The molecule has 0 aliphatic carbocycles. The molecule has 0 saturated carbocycles. The third-order valence-electron chi connectivity index (χ3n) is 7.74. The van der Waals surface area contributed by atoms with Crippen molar-refractivity contribution in [1.29, 1.82) is 0 Å². The van der Waals surface area contributed by atoms with Gasteiger partial charge >= 0.3 is 11.9 Å². The zero-order valence-electron chi connectivity index (χ0n) is 22.5. The molecular formula is C30H29N3O7. The Morgan fingerprint density at radius 2 is 1.70 bits per heavy atom. The predicted octanol–water partition coefficient (Wildman–Crippen LogP) is 4.94. The van der Waals surface area contributed by atoms with Gasteiger partial charge in [-0.05, 0) is 30.2 Å². The molecule has 10 heteroatoms. The lowest BCUT2D eigenvalue weighted by Gasteiger charge is -2.47. The molecule has 2 aliphatic rings. The van der Waals surface area contributed by atoms with Gasteiger partial charge in [-0.25, -0.2) is 9.59 Å². The average molecular weight is 544 g/mol. The molecule has 3 aromatic carbocycles. The number of benzene rings is 3. The summed E-state index contributed by atoms with van der Waals surface area (Å²) in [6, 6.07) is 16.0. The number of esters is 2. The highest BCUT2D eigenvalue weighted by atomic mass is 16.6. The van der Waals surface area contributed by atoms with Crippen LogP contribution in [0.3, 0.4) is 0 Å². The number of hydrogen-bond donors (Lipinski definition) is 1. The van der Waals surface area contributed by atoms with Crippen LogP contribution in [0.4, 0.5) is 11.4 Å². The smallest absolute Gasteiger partial charge is 0.363 e. The van der Waals surface area contributed by atoms with Crippen LogP contribution in [-0.4, -0.2) is 47.4 Å². The van der Waals surface area contributed by atoms with Crippen LogP contribution in [0.15, 0.2) is 71.9 Å². The van der Waals surface area contributed by atoms with E-state index in [4.69, 9.17) is 9.47 Å². The normalized spacial score (nSPS) is 19.9. The highest BCUT2D eigenvalue weighted by Crippen LogP contribution is 2.49. The first kappa shape index (κ1) is 26.9. The van der Waals surface area contributed by atoms with E-state index in [0.29, 0.717) is 11.3 Å². The van der Waals surface area contributed by atoms with Gasteiger partial charge in [-0.3, -0.25) is 14.9 Å². The molecule has 1 saturated heterocycles. The molecule has 0 radical (unpaired) electrons. The maximum atomic E-state index is 13.4. The Labute approximate surface area is 230 Å². The van der Waals surface area contributed by atoms with Crippen molar-refractivity contribution in [3.05, 3.63) is 87.6 Å². The van der Waals surface area contributed by atoms with E-state index in [0.717, 1.165) is 28.6 Å². The van der Waals surface area contributed by atoms with E-state index in [1.165, 1.54) is 17.0 Å². The Morgan fingerprint density at radius 3 is 2.35 bits per heavy atom. The number of β-lactam (4-membered cyclic amide) rings is 1. The van der Waals surface area contributed by atoms with Gasteiger partial charge in [0.25, 0.3) is 5.69 Å². The standard InChI is InChI=1S/C30H29N3O7/c1-16(2)25-26-17(3)22(15-39-24-10-6-7-20-21(24)8-5-9-23(20)31-4)27(32(26)28(25)34)30(36)40-29(35)18-11-13-19(14-12-18)33(37)38/h5-14,16-17,25-26,31H,15H2,1-4H3/t17-,25+,26+/m0/s1. The van der Waals surface area contributed by atoms with Gasteiger partial charge in [-0.2, -0.15) is 0 Å². The number of rotatable bonds is 8. The molecule has 2 aliphatic heterocycles. The molecule has 40 heavy (non-hydrogen) atoms. The molecule has 3 atom stereocenters. The largest absolute Gasteiger partial charge is 0.488 e. The van der Waals surface area contributed by atoms with Crippen LogP contribution in [0.2, 0.25) is 0 Å². The number of non-ortho nitro benzene ring substituents is 1. The first-order valence-corrected chi connectivity index (χ1v) is 13.0. The fourth-order valence-corrected chi connectivity index (χ4v) is 5.70. The lowest BCUT2D eigenvalue weighted by molar-refractivity contribution is -0.384. The lowest BCUT2D eigenvalue weighted by Crippen LogP contribution is -2.62. The molecule has 1 amide bonds. The van der Waals surface area contributed by atoms with E-state index in [1.54, 1.807) is 0 Å². The topological polar surface area (TPSA) is 128 Å². The number of fused-ring (bicyclic) bond motifs is 2. The third-order valence-corrected chi connectivity index (χ3v) is 7.74. The SMILES string of the molecule is CNc1cccc2c(OCC3=C(C(=O)OC(=O)c4ccc([N+](=O)[O-])cc4)N4C(=O)[C@H](C(C)C)[C@H]4[C@H]3C)cccc12. The number of nitrogens with zero attached hydrogens (tertiary/aromatic N) is 2. The second-order valence-electron chi connectivity index (χ2n) is 10.3. The minimum atomic E-state index is -0.967. The number of anilines is 1. The highest BCUT2D eigenvalue weighted by molar-refractivity contribution is 6.06. The Hall–Kier alpha value is -4.73. The third kappa shape index (κ3) is 4.45. The lowest BCUT2D eigenvalue weighted by atomic mass is 9.74. The second-order valence-corrected chi connectivity index (χ2v) is 10.3. The first-order valence-electron chi connectivity index (χ1n) is 13.0. The fraction of sp³-hybridized carbons (Fsp3) is 0.300. The van der Waals surface area contributed by atoms with E-state index >= 15 is 0 Å². The molecule has 1 N–H and O–H groups in total. The molecule has 1 fully saturated rings. The van der Waals surface area contributed by atoms with E-state index in [9.17, 15) is 24.5 Å². The van der Waals surface area contributed by atoms with Crippen LogP contribution >= 0.6 is 0 Å². The molecule has 3 aromatic rings. The van der Waals surface area contributed by atoms with Gasteiger partial charge in [-0.1, -0.05) is 45.0 Å². The monoisotopic (exact) mass is 543 g/mol. The van der Waals surface area contributed by atoms with Crippen molar-refractivity contribution < 1.29 is 28.8 Å². The summed E-state index contributed by atoms with van der Waals surface area (Å²) in [6.45, 7) is 5.89. The Kier molecular flexibility index (Phi) is 7.01. The Balaban J connectivity index is 1.45. The number of nitro benzene ring substituents is 1. The number of nitro groups is 1. The number of nitrogens with one attached hydrogen (secondary N) is 1. The van der Waals surface area contributed by atoms with E-state index in [-0.39, 0.29) is 53.3 Å². The minimum absolute atomic E-state index is 0.0192. The van der Waals surface area contributed by atoms with Crippen molar-refractivity contribution >= 4 is 40.0 Å². The number of carbonyl (C=O) groups excluding carboxylic acids is 3. The molecular weight excluding hydrogens is 514 g/mol. The maximum absolute atomic E-state index is 13.4. The van der Waals surface area contributed by atoms with Gasteiger partial charge in [0.1, 0.15) is 18.1 Å². The molecule has 206 valence electrons. The number of ether oxygens (including phenoxy) is 2. The molecule has 0 spiro atoms. The molecule has 0 unspecified atom stereocenters. The summed E-state index contributed by atoms with van der Waals surface area (Å²) in [5.74, 6) is -1.91. The summed E-state index contributed by atoms with van der Waals surface area (Å²) >= 11 is 0. The van der Waals surface area contributed by atoms with Crippen LogP contribution in [-0.2, 0) is 14.3 Å². The van der Waals surface area contributed by atoms with Crippen LogP contribution in [0.25, 0.3) is 10.8 Å². The van der Waals surface area contributed by atoms with Crippen molar-refractivity contribution in [2.75, 3.05) is 19.0 Å². The number of hydrogen-bond acceptors (Lipinski definition) is 8. The van der Waals surface area contributed by atoms with Gasteiger partial charge in [0.15, 0.2) is 0 Å². The molecule has 0 aromatic heterocycles. The maximum Gasteiger partial charge on any atom is 0.363 e. The molecule has 2 heterocycles. The first-order chi connectivity index (χ1) is 19.1. The zero-order valence-corrected chi connectivity index (χ0v) is 22.5. The van der Waals surface area contributed by atoms with Gasteiger partial charge in [-0.15, -0.1) is 0 Å². The summed E-state index contributed by atoms with van der Waals surface area (Å²) in [6.07, 6.45) is 0. The van der Waals surface area contributed by atoms with Crippen molar-refractivity contribution in [2.45, 2.75) is 26.8 Å². The quantitative estimate of drug-likeness (QED) is 0.139. The predicted molar refractivity (Wildman–Crippen MR) is 148 cm³/mol. The van der Waals surface area contributed by atoms with Gasteiger partial charge in [0.05, 0.1) is 22.4 Å². The van der Waals surface area contributed by atoms with Gasteiger partial charge in [0, 0.05) is 47.1 Å². The summed E-state index contributed by atoms with van der Waals surface area (Å²) in [5, 5.41) is 16.0. The minimum Gasteiger partial charge on any atom is -0.488 e. The second kappa shape index (κ2) is 10.4. The van der Waals surface area contributed by atoms with Crippen molar-refractivity contribution in [2.24, 2.45) is 17.8 Å². The van der Waals surface area contributed by atoms with E-state index < -0.39 is 16.9 Å². The van der Waals surface area contributed by atoms with Crippen molar-refractivity contribution in [1.82, 2.24) is 4.90 Å². The number of carbonyl (C=O) groups is 3. The van der Waals surface area contributed by atoms with Crippen LogP contribution in [0.1, 0.15) is 31.1 Å². The van der Waals surface area contributed by atoms with Crippen molar-refractivity contribution in [3.63, 3.8) is 0 Å². The van der Waals surface area contributed by atoms with Crippen LogP contribution in [0.5, 0.6) is 5.75 Å². The highest BCUT2D eigenvalue weighted by Gasteiger charge is 2.59. The summed E-state index contributed by atoms with van der Waals surface area (Å²) in [4.78, 5) is 51.1. The summed E-state index contributed by atoms with van der Waals surface area (Å²) in [5.41, 5.74) is 1.32. The van der Waals surface area contributed by atoms with E-state index in [2.05, 4.69) is 5.32 Å². The van der Waals surface area contributed by atoms with Crippen molar-refractivity contribution in [3.8, 4) is 5.75 Å². The number of amides is 1. The summed E-state index contributed by atoms with van der Waals surface area (Å²) in [7, 11) is 1.84. The average Bonchev–Trinajstić information content (AvgIpc) is 3.18. The molecule has 0 bridgehead atoms. The molecule has 5 rings (SSSR count).